The molecule has 0 atom stereocenters. The Morgan fingerprint density at radius 3 is 2.34 bits per heavy atom. The van der Waals surface area contributed by atoms with Gasteiger partial charge in [-0.1, -0.05) is 48.5 Å². The van der Waals surface area contributed by atoms with Crippen LogP contribution >= 0.6 is 0 Å². The third-order valence-corrected chi connectivity index (χ3v) is 6.30. The lowest BCUT2D eigenvalue weighted by molar-refractivity contribution is -0.137. The zero-order valence-electron chi connectivity index (χ0n) is 18.9. The fourth-order valence-corrected chi connectivity index (χ4v) is 4.41. The molecule has 0 bridgehead atoms. The maximum Gasteiger partial charge on any atom is 0.414 e. The van der Waals surface area contributed by atoms with E-state index in [1.54, 1.807) is 0 Å². The lowest BCUT2D eigenvalue weighted by atomic mass is 9.98. The van der Waals surface area contributed by atoms with Crippen molar-refractivity contribution < 1.29 is 24.2 Å². The molecule has 2 aromatic carbocycles. The van der Waals surface area contributed by atoms with Gasteiger partial charge >= 0.3 is 12.1 Å². The Balaban J connectivity index is 1.20. The van der Waals surface area contributed by atoms with Gasteiger partial charge in [0.05, 0.1) is 6.42 Å². The van der Waals surface area contributed by atoms with Crippen LogP contribution in [0.3, 0.4) is 0 Å². The second-order valence-electron chi connectivity index (χ2n) is 8.80. The number of nitrogens with zero attached hydrogens (tertiary/aromatic N) is 3. The molecule has 3 aromatic rings. The molecule has 2 aliphatic rings. The molecule has 10 heteroatoms. The van der Waals surface area contributed by atoms with Gasteiger partial charge in [-0.25, -0.2) is 4.79 Å². The van der Waals surface area contributed by atoms with Gasteiger partial charge in [0, 0.05) is 19.0 Å². The van der Waals surface area contributed by atoms with Crippen LogP contribution in [0.2, 0.25) is 0 Å². The number of aromatic nitrogens is 3. The number of nitrogens with one attached hydrogen (secondary N) is 2. The van der Waals surface area contributed by atoms with Crippen LogP contribution in [0.25, 0.3) is 11.1 Å². The molecule has 0 saturated heterocycles. The first-order valence-corrected chi connectivity index (χ1v) is 11.5. The second-order valence-corrected chi connectivity index (χ2v) is 8.80. The van der Waals surface area contributed by atoms with E-state index in [-0.39, 0.29) is 37.3 Å². The number of H-pyrrole nitrogens is 1. The summed E-state index contributed by atoms with van der Waals surface area (Å²) < 4.78 is 5.48. The van der Waals surface area contributed by atoms with Crippen molar-refractivity contribution in [3.63, 3.8) is 0 Å². The summed E-state index contributed by atoms with van der Waals surface area (Å²) >= 11 is 0. The summed E-state index contributed by atoms with van der Waals surface area (Å²) in [7, 11) is 0. The van der Waals surface area contributed by atoms with E-state index in [4.69, 9.17) is 9.84 Å². The van der Waals surface area contributed by atoms with Crippen LogP contribution in [0.1, 0.15) is 46.9 Å². The van der Waals surface area contributed by atoms with Crippen molar-refractivity contribution in [1.29, 1.82) is 0 Å². The molecule has 0 radical (unpaired) electrons. The van der Waals surface area contributed by atoms with Crippen molar-refractivity contribution in [1.82, 2.24) is 20.1 Å². The highest BCUT2D eigenvalue weighted by Crippen LogP contribution is 2.44. The highest BCUT2D eigenvalue weighted by molar-refractivity contribution is 5.91. The third kappa shape index (κ3) is 5.01. The number of carbonyl (C=O) groups is 3. The van der Waals surface area contributed by atoms with Crippen molar-refractivity contribution >= 4 is 23.9 Å². The molecule has 1 heterocycles. The molecule has 5 rings (SSSR count). The van der Waals surface area contributed by atoms with E-state index in [0.29, 0.717) is 12.5 Å². The Bertz CT molecular complexity index is 1220. The molecule has 2 aliphatic carbocycles. The first-order chi connectivity index (χ1) is 17.0. The average Bonchev–Trinajstić information content (AvgIpc) is 3.46. The van der Waals surface area contributed by atoms with Crippen LogP contribution in [0.4, 0.5) is 10.7 Å². The Morgan fingerprint density at radius 2 is 1.71 bits per heavy atom. The minimum absolute atomic E-state index is 0.0648. The van der Waals surface area contributed by atoms with Gasteiger partial charge in [0.2, 0.25) is 5.82 Å². The van der Waals surface area contributed by atoms with Crippen LogP contribution in [0.5, 0.6) is 0 Å². The van der Waals surface area contributed by atoms with Gasteiger partial charge in [0.15, 0.2) is 0 Å². The number of hydrogen-bond acceptors (Lipinski definition) is 6. The zero-order chi connectivity index (χ0) is 24.4. The number of aliphatic carboxylic acids is 1. The zero-order valence-corrected chi connectivity index (χ0v) is 18.9. The largest absolute Gasteiger partial charge is 0.481 e. The summed E-state index contributed by atoms with van der Waals surface area (Å²) in [5, 5.41) is 17.8. The van der Waals surface area contributed by atoms with Gasteiger partial charge in [-0.15, -0.1) is 5.10 Å². The van der Waals surface area contributed by atoms with Crippen LogP contribution < -0.4 is 5.32 Å². The quantitative estimate of drug-likeness (QED) is 0.431. The van der Waals surface area contributed by atoms with Crippen molar-refractivity contribution in [2.45, 2.75) is 25.2 Å². The summed E-state index contributed by atoms with van der Waals surface area (Å²) in [6, 6.07) is 16.1. The summed E-state index contributed by atoms with van der Waals surface area (Å²) in [5.41, 5.74) is 4.47. The molecule has 1 saturated carbocycles. The Kier molecular flexibility index (Phi) is 6.17. The Labute approximate surface area is 201 Å². The number of carbonyl (C=O) groups excluding carboxylic acids is 2. The van der Waals surface area contributed by atoms with E-state index in [9.17, 15) is 14.4 Å². The lowest BCUT2D eigenvalue weighted by Gasteiger charge is -2.20. The molecule has 1 aromatic heterocycles. The van der Waals surface area contributed by atoms with Crippen LogP contribution in [0.15, 0.2) is 48.5 Å². The van der Waals surface area contributed by atoms with Crippen LogP contribution in [-0.4, -0.2) is 62.9 Å². The Hall–Kier alpha value is -4.21. The highest BCUT2D eigenvalue weighted by Gasteiger charge is 2.30. The van der Waals surface area contributed by atoms with Gasteiger partial charge in [0.25, 0.3) is 11.9 Å². The fourth-order valence-electron chi connectivity index (χ4n) is 4.41. The van der Waals surface area contributed by atoms with Crippen molar-refractivity contribution in [2.24, 2.45) is 5.92 Å². The molecule has 35 heavy (non-hydrogen) atoms. The first-order valence-electron chi connectivity index (χ1n) is 11.5. The number of aromatic amines is 1. The molecular formula is C25H25N5O5. The molecule has 3 N–H and O–H groups in total. The Morgan fingerprint density at radius 1 is 1.06 bits per heavy atom. The maximum atomic E-state index is 12.8. The summed E-state index contributed by atoms with van der Waals surface area (Å²) in [4.78, 5) is 41.7. The number of anilines is 1. The molecule has 180 valence electrons. The second kappa shape index (κ2) is 9.57. The van der Waals surface area contributed by atoms with E-state index in [0.717, 1.165) is 35.1 Å². The molecule has 0 spiro atoms. The van der Waals surface area contributed by atoms with Gasteiger partial charge in [-0.2, -0.15) is 4.98 Å². The molecule has 10 nitrogen and oxygen atoms in total. The number of ether oxygens (including phenoxy) is 1. The number of hydrogen-bond donors (Lipinski definition) is 3. The minimum Gasteiger partial charge on any atom is -0.481 e. The standard InChI is InChI=1S/C25H25N5O5/c31-21(32)11-12-30(13-15-9-10-15)23(33)22-26-24(29-28-22)27-25(34)35-14-20-18-7-3-1-5-16(18)17-6-2-4-8-19(17)20/h1-8,15,20H,9-14H2,(H,31,32)(H2,26,27,28,29,34). The van der Waals surface area contributed by atoms with Gasteiger partial charge < -0.3 is 14.7 Å². The molecule has 0 unspecified atom stereocenters. The number of benzene rings is 2. The molecule has 2 amide bonds. The van der Waals surface area contributed by atoms with Crippen LogP contribution in [-0.2, 0) is 9.53 Å². The lowest BCUT2D eigenvalue weighted by Crippen LogP contribution is -2.35. The highest BCUT2D eigenvalue weighted by atomic mass is 16.5. The van der Waals surface area contributed by atoms with Crippen molar-refractivity contribution in [2.75, 3.05) is 25.0 Å². The minimum atomic E-state index is -0.978. The van der Waals surface area contributed by atoms with E-state index in [1.165, 1.54) is 4.90 Å². The van der Waals surface area contributed by atoms with Crippen LogP contribution in [0, 0.1) is 5.92 Å². The van der Waals surface area contributed by atoms with E-state index in [2.05, 4.69) is 32.6 Å². The average molecular weight is 476 g/mol. The third-order valence-electron chi connectivity index (χ3n) is 6.30. The number of amides is 2. The van der Waals surface area contributed by atoms with Crippen molar-refractivity contribution in [3.8, 4) is 11.1 Å². The van der Waals surface area contributed by atoms with E-state index >= 15 is 0 Å². The summed E-state index contributed by atoms with van der Waals surface area (Å²) in [6.07, 6.45) is 1.15. The number of carboxylic acid groups (broad SMARTS) is 1. The maximum absolute atomic E-state index is 12.8. The van der Waals surface area contributed by atoms with E-state index < -0.39 is 18.0 Å². The summed E-state index contributed by atoms with van der Waals surface area (Å²) in [6.45, 7) is 0.697. The number of carboxylic acids is 1. The SMILES string of the molecule is O=C(O)CCN(CC1CC1)C(=O)c1nc(NC(=O)OCC2c3ccccc3-c3ccccc32)n[nH]1. The monoisotopic (exact) mass is 475 g/mol. The normalized spacial score (nSPS) is 14.2. The smallest absolute Gasteiger partial charge is 0.414 e. The van der Waals surface area contributed by atoms with Crippen molar-refractivity contribution in [3.05, 3.63) is 65.5 Å². The number of fused-ring (bicyclic) bond motifs is 3. The first kappa shape index (κ1) is 22.6. The predicted octanol–water partition coefficient (Wildman–Crippen LogP) is 3.49. The van der Waals surface area contributed by atoms with E-state index in [1.807, 2.05) is 36.4 Å². The predicted molar refractivity (Wildman–Crippen MR) is 126 cm³/mol. The van der Waals surface area contributed by atoms with Gasteiger partial charge in [-0.05, 0) is 41.0 Å². The molecule has 0 aliphatic heterocycles. The summed E-state index contributed by atoms with van der Waals surface area (Å²) in [5.74, 6) is -1.28. The van der Waals surface area contributed by atoms with Gasteiger partial charge in [0.1, 0.15) is 6.61 Å². The topological polar surface area (TPSA) is 138 Å². The van der Waals surface area contributed by atoms with Gasteiger partial charge in [-0.3, -0.25) is 20.0 Å². The molecule has 1 fully saturated rings. The molecular weight excluding hydrogens is 450 g/mol. The fraction of sp³-hybridized carbons (Fsp3) is 0.320. The number of rotatable bonds is 9.